The number of aromatic amines is 2. The first-order chi connectivity index (χ1) is 13.6. The number of nitrogens with zero attached hydrogens (tertiary/aromatic N) is 1. The van der Waals surface area contributed by atoms with Gasteiger partial charge < -0.3 is 20.0 Å². The molecule has 0 radical (unpaired) electrons. The third-order valence-electron chi connectivity index (χ3n) is 4.11. The van der Waals surface area contributed by atoms with Gasteiger partial charge in [-0.3, -0.25) is 4.79 Å². The summed E-state index contributed by atoms with van der Waals surface area (Å²) >= 11 is 0. The van der Waals surface area contributed by atoms with Crippen LogP contribution in [0.25, 0.3) is 11.0 Å². The maximum atomic E-state index is 13.8. The van der Waals surface area contributed by atoms with Gasteiger partial charge in [0.1, 0.15) is 18.0 Å². The van der Waals surface area contributed by atoms with Crippen molar-refractivity contribution in [1.82, 2.24) is 15.0 Å². The van der Waals surface area contributed by atoms with Crippen LogP contribution in [-0.2, 0) is 6.61 Å². The summed E-state index contributed by atoms with van der Waals surface area (Å²) in [6.07, 6.45) is 1.49. The zero-order valence-corrected chi connectivity index (χ0v) is 14.5. The molecule has 0 aliphatic heterocycles. The van der Waals surface area contributed by atoms with E-state index in [1.807, 2.05) is 0 Å². The molecule has 0 spiro atoms. The molecule has 7 nitrogen and oxygen atoms in total. The molecule has 1 amide bonds. The lowest BCUT2D eigenvalue weighted by Crippen LogP contribution is -2.14. The van der Waals surface area contributed by atoms with Crippen molar-refractivity contribution in [2.45, 2.75) is 6.61 Å². The number of benzene rings is 2. The van der Waals surface area contributed by atoms with Crippen molar-refractivity contribution >= 4 is 22.6 Å². The van der Waals surface area contributed by atoms with Gasteiger partial charge in [0.2, 0.25) is 5.88 Å². The Hall–Kier alpha value is -3.94. The highest BCUT2D eigenvalue weighted by molar-refractivity contribution is 6.06. The summed E-state index contributed by atoms with van der Waals surface area (Å²) in [4.78, 5) is 33.4. The summed E-state index contributed by atoms with van der Waals surface area (Å²) in [5.41, 5.74) is 1.96. The van der Waals surface area contributed by atoms with Crippen LogP contribution in [0, 0.1) is 5.82 Å². The van der Waals surface area contributed by atoms with E-state index in [0.29, 0.717) is 22.3 Å². The van der Waals surface area contributed by atoms with Crippen molar-refractivity contribution in [1.29, 1.82) is 0 Å². The Kier molecular flexibility index (Phi) is 4.59. The van der Waals surface area contributed by atoms with Crippen molar-refractivity contribution in [2.75, 3.05) is 5.32 Å². The molecule has 0 atom stereocenters. The first kappa shape index (κ1) is 17.5. The normalized spacial score (nSPS) is 10.8. The number of fused-ring (bicyclic) bond motifs is 1. The zero-order chi connectivity index (χ0) is 19.5. The molecule has 4 aromatic rings. The number of carbonyl (C=O) groups is 1. The summed E-state index contributed by atoms with van der Waals surface area (Å²) in [6, 6.07) is 14.4. The minimum atomic E-state index is -0.436. The molecular formula is C20H15FN4O3. The van der Waals surface area contributed by atoms with E-state index in [1.54, 1.807) is 48.5 Å². The highest BCUT2D eigenvalue weighted by atomic mass is 19.1. The molecule has 140 valence electrons. The van der Waals surface area contributed by atoms with E-state index in [4.69, 9.17) is 4.74 Å². The van der Waals surface area contributed by atoms with E-state index in [9.17, 15) is 14.0 Å². The lowest BCUT2D eigenvalue weighted by Gasteiger charge is -2.11. The van der Waals surface area contributed by atoms with Crippen molar-refractivity contribution < 1.29 is 13.9 Å². The predicted octanol–water partition coefficient (Wildman–Crippen LogP) is 3.22. The number of H-pyrrole nitrogens is 2. The number of imidazole rings is 1. The first-order valence-electron chi connectivity index (χ1n) is 8.45. The molecule has 2 aromatic heterocycles. The minimum absolute atomic E-state index is 0.0550. The van der Waals surface area contributed by atoms with Crippen LogP contribution in [0.5, 0.6) is 5.88 Å². The second-order valence-corrected chi connectivity index (χ2v) is 6.03. The number of ether oxygens (including phenoxy) is 1. The van der Waals surface area contributed by atoms with Crippen molar-refractivity contribution in [3.05, 3.63) is 88.2 Å². The van der Waals surface area contributed by atoms with Crippen LogP contribution in [0.3, 0.4) is 0 Å². The number of nitrogens with one attached hydrogen (secondary N) is 3. The van der Waals surface area contributed by atoms with Crippen molar-refractivity contribution in [3.8, 4) is 5.88 Å². The molecule has 28 heavy (non-hydrogen) atoms. The molecule has 0 bridgehead atoms. The van der Waals surface area contributed by atoms with Crippen LogP contribution in [0.15, 0.2) is 65.6 Å². The quantitative estimate of drug-likeness (QED) is 0.496. The smallest absolute Gasteiger partial charge is 0.323 e. The number of hydrogen-bond acceptors (Lipinski definition) is 4. The summed E-state index contributed by atoms with van der Waals surface area (Å²) in [5, 5.41) is 2.74. The van der Waals surface area contributed by atoms with Gasteiger partial charge in [0.05, 0.1) is 11.0 Å². The lowest BCUT2D eigenvalue weighted by molar-refractivity contribution is 0.102. The van der Waals surface area contributed by atoms with E-state index >= 15 is 0 Å². The maximum absolute atomic E-state index is 13.8. The van der Waals surface area contributed by atoms with Crippen LogP contribution in [0.4, 0.5) is 10.1 Å². The fourth-order valence-electron chi connectivity index (χ4n) is 2.75. The fourth-order valence-corrected chi connectivity index (χ4v) is 2.75. The standard InChI is InChI=1S/C20H15FN4O3/c21-15-6-2-1-4-12(15)11-28-19-14(5-3-9-22-19)18(26)23-13-7-8-16-17(10-13)25-20(27)24-16/h1-10H,11H2,(H,23,26)(H2,24,25,27). The van der Waals surface area contributed by atoms with Gasteiger partial charge in [-0.15, -0.1) is 0 Å². The van der Waals surface area contributed by atoms with E-state index in [-0.39, 0.29) is 23.7 Å². The number of anilines is 1. The second-order valence-electron chi connectivity index (χ2n) is 6.03. The zero-order valence-electron chi connectivity index (χ0n) is 14.5. The van der Waals surface area contributed by atoms with Crippen LogP contribution in [0.2, 0.25) is 0 Å². The third-order valence-corrected chi connectivity index (χ3v) is 4.11. The van der Waals surface area contributed by atoms with Gasteiger partial charge in [-0.05, 0) is 36.4 Å². The number of halogens is 1. The Balaban J connectivity index is 1.53. The topological polar surface area (TPSA) is 99.9 Å². The lowest BCUT2D eigenvalue weighted by atomic mass is 10.2. The largest absolute Gasteiger partial charge is 0.472 e. The average molecular weight is 378 g/mol. The number of rotatable bonds is 5. The minimum Gasteiger partial charge on any atom is -0.472 e. The molecule has 2 aromatic carbocycles. The molecular weight excluding hydrogens is 363 g/mol. The SMILES string of the molecule is O=C(Nc1ccc2[nH]c(=O)[nH]c2c1)c1cccnc1OCc1ccccc1F. The molecule has 3 N–H and O–H groups in total. The molecule has 0 saturated carbocycles. The maximum Gasteiger partial charge on any atom is 0.323 e. The Morgan fingerprint density at radius 1 is 1.07 bits per heavy atom. The van der Waals surface area contributed by atoms with E-state index < -0.39 is 11.7 Å². The fraction of sp³-hybridized carbons (Fsp3) is 0.0500. The third kappa shape index (κ3) is 3.61. The summed E-state index contributed by atoms with van der Waals surface area (Å²) in [7, 11) is 0. The number of pyridine rings is 1. The van der Waals surface area contributed by atoms with Crippen LogP contribution in [-0.4, -0.2) is 20.9 Å². The number of amides is 1. The molecule has 4 rings (SSSR count). The molecule has 0 saturated heterocycles. The predicted molar refractivity (Wildman–Crippen MR) is 102 cm³/mol. The van der Waals surface area contributed by atoms with E-state index in [0.717, 1.165) is 0 Å². The number of carbonyl (C=O) groups excluding carboxylic acids is 1. The van der Waals surface area contributed by atoms with Gasteiger partial charge in [0, 0.05) is 17.4 Å². The van der Waals surface area contributed by atoms with Crippen LogP contribution >= 0.6 is 0 Å². The van der Waals surface area contributed by atoms with Crippen molar-refractivity contribution in [3.63, 3.8) is 0 Å². The van der Waals surface area contributed by atoms with Gasteiger partial charge in [-0.25, -0.2) is 14.2 Å². The molecule has 2 heterocycles. The average Bonchev–Trinajstić information content (AvgIpc) is 3.07. The Morgan fingerprint density at radius 3 is 2.75 bits per heavy atom. The van der Waals surface area contributed by atoms with Gasteiger partial charge >= 0.3 is 5.69 Å². The number of hydrogen-bond donors (Lipinski definition) is 3. The summed E-state index contributed by atoms with van der Waals surface area (Å²) in [6.45, 7) is -0.0550. The monoisotopic (exact) mass is 378 g/mol. The number of aromatic nitrogens is 3. The van der Waals surface area contributed by atoms with E-state index in [2.05, 4.69) is 20.3 Å². The molecule has 0 aliphatic rings. The second kappa shape index (κ2) is 7.36. The Labute approximate surface area is 158 Å². The van der Waals surface area contributed by atoms with Gasteiger partial charge in [0.25, 0.3) is 5.91 Å². The van der Waals surface area contributed by atoms with Crippen molar-refractivity contribution in [2.24, 2.45) is 0 Å². The van der Waals surface area contributed by atoms with Gasteiger partial charge in [-0.1, -0.05) is 18.2 Å². The van der Waals surface area contributed by atoms with Crippen LogP contribution < -0.4 is 15.7 Å². The summed E-state index contributed by atoms with van der Waals surface area (Å²) < 4.78 is 19.3. The highest BCUT2D eigenvalue weighted by Gasteiger charge is 2.15. The Morgan fingerprint density at radius 2 is 1.89 bits per heavy atom. The van der Waals surface area contributed by atoms with Gasteiger partial charge in [0.15, 0.2) is 0 Å². The van der Waals surface area contributed by atoms with Gasteiger partial charge in [-0.2, -0.15) is 0 Å². The molecule has 0 aliphatic carbocycles. The molecule has 0 fully saturated rings. The Bertz CT molecular complexity index is 1220. The highest BCUT2D eigenvalue weighted by Crippen LogP contribution is 2.20. The molecule has 8 heteroatoms. The first-order valence-corrected chi connectivity index (χ1v) is 8.45. The van der Waals surface area contributed by atoms with Crippen LogP contribution in [0.1, 0.15) is 15.9 Å². The molecule has 0 unspecified atom stereocenters. The summed E-state index contributed by atoms with van der Waals surface area (Å²) in [5.74, 6) is -0.730. The van der Waals surface area contributed by atoms with E-state index in [1.165, 1.54) is 12.3 Å².